The van der Waals surface area contributed by atoms with E-state index in [1.54, 1.807) is 16.8 Å². The second kappa shape index (κ2) is 8.15. The minimum atomic E-state index is -0.589. The lowest BCUT2D eigenvalue weighted by atomic mass is 10.2. The largest absolute Gasteiger partial charge is 0.451 e. The molecule has 2 aromatic heterocycles. The molecule has 0 fully saturated rings. The second-order valence-corrected chi connectivity index (χ2v) is 7.52. The van der Waals surface area contributed by atoms with Gasteiger partial charge in [0.05, 0.1) is 5.69 Å². The van der Waals surface area contributed by atoms with E-state index >= 15 is 0 Å². The summed E-state index contributed by atoms with van der Waals surface area (Å²) in [5, 5.41) is 13.0. The highest BCUT2D eigenvalue weighted by Gasteiger charge is 2.16. The standard InChI is InChI=1S/C20H18F2N6OS/c1-12-9-13(2)28(26-12)19-24-25-20(27(19)23)30-11-14-7-8-18(16(22)10-14)29-17-6-4-3-5-15(17)21/h3-10H,11,23H2,1-2H3. The van der Waals surface area contributed by atoms with Gasteiger partial charge in [-0.15, -0.1) is 10.2 Å². The van der Waals surface area contributed by atoms with E-state index in [-0.39, 0.29) is 11.5 Å². The number of hydrogen-bond donors (Lipinski definition) is 1. The summed E-state index contributed by atoms with van der Waals surface area (Å²) in [5.74, 6) is 5.67. The molecular formula is C20H18F2N6OS. The summed E-state index contributed by atoms with van der Waals surface area (Å²) < 4.78 is 36.4. The number of halogens is 2. The van der Waals surface area contributed by atoms with Crippen molar-refractivity contribution in [2.45, 2.75) is 24.8 Å². The molecule has 2 N–H and O–H groups in total. The normalized spacial score (nSPS) is 11.1. The van der Waals surface area contributed by atoms with Crippen molar-refractivity contribution in [1.29, 1.82) is 0 Å². The fourth-order valence-electron chi connectivity index (χ4n) is 2.85. The van der Waals surface area contributed by atoms with E-state index in [2.05, 4.69) is 15.3 Å². The molecule has 154 valence electrons. The number of nitrogens with two attached hydrogens (primary N) is 1. The van der Waals surface area contributed by atoms with Crippen LogP contribution in [0.3, 0.4) is 0 Å². The summed E-state index contributed by atoms with van der Waals surface area (Å²) in [7, 11) is 0. The van der Waals surface area contributed by atoms with E-state index in [9.17, 15) is 8.78 Å². The fourth-order valence-corrected chi connectivity index (χ4v) is 3.65. The maximum Gasteiger partial charge on any atom is 0.271 e. The van der Waals surface area contributed by atoms with Crippen LogP contribution in [0.2, 0.25) is 0 Å². The molecule has 0 radical (unpaired) electrons. The Hall–Kier alpha value is -3.40. The van der Waals surface area contributed by atoms with Crippen LogP contribution in [0.15, 0.2) is 53.7 Å². The van der Waals surface area contributed by atoms with Crippen LogP contribution in [-0.2, 0) is 5.75 Å². The van der Waals surface area contributed by atoms with Crippen molar-refractivity contribution in [3.8, 4) is 17.4 Å². The Labute approximate surface area is 175 Å². The number of nitrogen functional groups attached to an aromatic ring is 1. The van der Waals surface area contributed by atoms with Gasteiger partial charge in [-0.2, -0.15) is 5.10 Å². The van der Waals surface area contributed by atoms with Gasteiger partial charge in [0.15, 0.2) is 23.1 Å². The van der Waals surface area contributed by atoms with Gasteiger partial charge >= 0.3 is 0 Å². The van der Waals surface area contributed by atoms with Gasteiger partial charge in [0.25, 0.3) is 5.95 Å². The summed E-state index contributed by atoms with van der Waals surface area (Å²) in [6, 6.07) is 12.3. The van der Waals surface area contributed by atoms with Crippen LogP contribution in [0.25, 0.3) is 5.95 Å². The first-order valence-corrected chi connectivity index (χ1v) is 9.98. The van der Waals surface area contributed by atoms with Gasteiger partial charge in [-0.1, -0.05) is 30.0 Å². The van der Waals surface area contributed by atoms with Crippen LogP contribution in [0.4, 0.5) is 8.78 Å². The summed E-state index contributed by atoms with van der Waals surface area (Å²) in [5.41, 5.74) is 2.42. The number of rotatable bonds is 6. The number of nitrogens with zero attached hydrogens (tertiary/aromatic N) is 5. The molecule has 0 aliphatic carbocycles. The lowest BCUT2D eigenvalue weighted by molar-refractivity contribution is 0.414. The van der Waals surface area contributed by atoms with Gasteiger partial charge < -0.3 is 10.6 Å². The molecule has 0 aliphatic heterocycles. The zero-order valence-corrected chi connectivity index (χ0v) is 17.0. The SMILES string of the molecule is Cc1cc(C)n(-c2nnc(SCc3ccc(Oc4ccccc4F)c(F)c3)n2N)n1. The molecule has 2 aromatic carbocycles. The van der Waals surface area contributed by atoms with Crippen LogP contribution < -0.4 is 10.6 Å². The van der Waals surface area contributed by atoms with Gasteiger partial charge in [-0.05, 0) is 49.7 Å². The smallest absolute Gasteiger partial charge is 0.271 e. The van der Waals surface area contributed by atoms with E-state index in [0.717, 1.165) is 11.4 Å². The maximum absolute atomic E-state index is 14.4. The van der Waals surface area contributed by atoms with Crippen molar-refractivity contribution in [1.82, 2.24) is 24.7 Å². The molecule has 4 aromatic rings. The summed E-state index contributed by atoms with van der Waals surface area (Å²) in [6.07, 6.45) is 0. The highest BCUT2D eigenvalue weighted by atomic mass is 32.2. The van der Waals surface area contributed by atoms with Crippen LogP contribution in [-0.4, -0.2) is 24.7 Å². The third kappa shape index (κ3) is 3.99. The first-order valence-electron chi connectivity index (χ1n) is 9.00. The van der Waals surface area contributed by atoms with Gasteiger partial charge in [-0.25, -0.2) is 18.1 Å². The molecular weight excluding hydrogens is 410 g/mol. The van der Waals surface area contributed by atoms with E-state index < -0.39 is 11.6 Å². The molecule has 7 nitrogen and oxygen atoms in total. The van der Waals surface area contributed by atoms with Crippen LogP contribution in [0.5, 0.6) is 11.5 Å². The van der Waals surface area contributed by atoms with Crippen molar-refractivity contribution in [2.75, 3.05) is 5.84 Å². The van der Waals surface area contributed by atoms with Gasteiger partial charge in [-0.3, -0.25) is 0 Å². The second-order valence-electron chi connectivity index (χ2n) is 6.58. The predicted octanol–water partition coefficient (Wildman–Crippen LogP) is 4.16. The minimum absolute atomic E-state index is 0.0357. The molecule has 0 spiro atoms. The molecule has 10 heteroatoms. The summed E-state index contributed by atoms with van der Waals surface area (Å²) in [6.45, 7) is 3.78. The maximum atomic E-state index is 14.4. The van der Waals surface area contributed by atoms with Crippen molar-refractivity contribution in [3.63, 3.8) is 0 Å². The third-order valence-corrected chi connectivity index (χ3v) is 5.28. The van der Waals surface area contributed by atoms with E-state index in [1.807, 2.05) is 19.9 Å². The third-order valence-electron chi connectivity index (χ3n) is 4.27. The van der Waals surface area contributed by atoms with E-state index in [1.165, 1.54) is 46.8 Å². The molecule has 0 amide bonds. The first-order chi connectivity index (χ1) is 14.4. The molecule has 0 atom stereocenters. The van der Waals surface area contributed by atoms with Crippen molar-refractivity contribution in [3.05, 3.63) is 77.1 Å². The number of aromatic nitrogens is 5. The predicted molar refractivity (Wildman–Crippen MR) is 109 cm³/mol. The van der Waals surface area contributed by atoms with E-state index in [4.69, 9.17) is 10.6 Å². The number of para-hydroxylation sites is 1. The Morgan fingerprint density at radius 3 is 2.47 bits per heavy atom. The Bertz CT molecular complexity index is 1210. The molecule has 0 unspecified atom stereocenters. The molecule has 30 heavy (non-hydrogen) atoms. The zero-order valence-electron chi connectivity index (χ0n) is 16.2. The monoisotopic (exact) mass is 428 g/mol. The van der Waals surface area contributed by atoms with Gasteiger partial charge in [0.2, 0.25) is 5.16 Å². The fraction of sp³-hybridized carbons (Fsp3) is 0.150. The van der Waals surface area contributed by atoms with Gasteiger partial charge in [0, 0.05) is 11.4 Å². The van der Waals surface area contributed by atoms with Crippen molar-refractivity contribution >= 4 is 11.8 Å². The lowest BCUT2D eigenvalue weighted by Gasteiger charge is -2.09. The Morgan fingerprint density at radius 1 is 1.00 bits per heavy atom. The lowest BCUT2D eigenvalue weighted by Crippen LogP contribution is -2.17. The quantitative estimate of drug-likeness (QED) is 0.367. The average molecular weight is 428 g/mol. The molecule has 0 saturated carbocycles. The molecule has 0 saturated heterocycles. The molecule has 0 aliphatic rings. The molecule has 4 rings (SSSR count). The van der Waals surface area contributed by atoms with E-state index in [0.29, 0.717) is 22.4 Å². The number of ether oxygens (including phenoxy) is 1. The van der Waals surface area contributed by atoms with Crippen LogP contribution in [0.1, 0.15) is 17.0 Å². The Kier molecular flexibility index (Phi) is 5.40. The van der Waals surface area contributed by atoms with Crippen LogP contribution in [0, 0.1) is 25.5 Å². The average Bonchev–Trinajstić information content (AvgIpc) is 3.24. The topological polar surface area (TPSA) is 83.8 Å². The number of aryl methyl sites for hydroxylation is 2. The highest BCUT2D eigenvalue weighted by molar-refractivity contribution is 7.98. The highest BCUT2D eigenvalue weighted by Crippen LogP contribution is 2.29. The minimum Gasteiger partial charge on any atom is -0.451 e. The van der Waals surface area contributed by atoms with Gasteiger partial charge in [0.1, 0.15) is 0 Å². The molecule has 0 bridgehead atoms. The van der Waals surface area contributed by atoms with Crippen molar-refractivity contribution < 1.29 is 13.5 Å². The summed E-state index contributed by atoms with van der Waals surface area (Å²) >= 11 is 1.31. The first kappa shape index (κ1) is 19.9. The Morgan fingerprint density at radius 2 is 1.77 bits per heavy atom. The zero-order chi connectivity index (χ0) is 21.3. The van der Waals surface area contributed by atoms with Crippen molar-refractivity contribution in [2.24, 2.45) is 0 Å². The summed E-state index contributed by atoms with van der Waals surface area (Å²) in [4.78, 5) is 0. The Balaban J connectivity index is 1.46. The number of benzene rings is 2. The number of thioether (sulfide) groups is 1. The van der Waals surface area contributed by atoms with Crippen LogP contribution >= 0.6 is 11.8 Å². The molecule has 2 heterocycles. The number of hydrogen-bond acceptors (Lipinski definition) is 6.